The van der Waals surface area contributed by atoms with Gasteiger partial charge in [-0.15, -0.1) is 6.58 Å². The monoisotopic (exact) mass is 511 g/mol. The minimum absolute atomic E-state index is 0.0806. The SMILES string of the molecule is C=CCc1cc(/C=C(\C#N)C(=O)Nc2cccc(Cl)c2C)cc(OCC)c1OCc1ccccc1C#N. The number of nitrogens with one attached hydrogen (secondary N) is 1. The number of ether oxygens (including phenoxy) is 2. The van der Waals surface area contributed by atoms with Crippen LogP contribution in [0.5, 0.6) is 11.5 Å². The lowest BCUT2D eigenvalue weighted by Crippen LogP contribution is -2.14. The van der Waals surface area contributed by atoms with Gasteiger partial charge in [0, 0.05) is 21.8 Å². The molecule has 0 unspecified atom stereocenters. The van der Waals surface area contributed by atoms with Crippen molar-refractivity contribution < 1.29 is 14.3 Å². The topological polar surface area (TPSA) is 95.1 Å². The minimum atomic E-state index is -0.551. The van der Waals surface area contributed by atoms with Gasteiger partial charge in [-0.1, -0.05) is 41.9 Å². The molecule has 0 fully saturated rings. The van der Waals surface area contributed by atoms with E-state index in [1.807, 2.05) is 31.2 Å². The lowest BCUT2D eigenvalue weighted by Gasteiger charge is -2.17. The van der Waals surface area contributed by atoms with Crippen molar-refractivity contribution in [3.63, 3.8) is 0 Å². The van der Waals surface area contributed by atoms with Crippen molar-refractivity contribution in [2.45, 2.75) is 26.9 Å². The van der Waals surface area contributed by atoms with Gasteiger partial charge in [0.2, 0.25) is 0 Å². The van der Waals surface area contributed by atoms with Gasteiger partial charge < -0.3 is 14.8 Å². The average Bonchev–Trinajstić information content (AvgIpc) is 2.90. The van der Waals surface area contributed by atoms with E-state index in [9.17, 15) is 15.3 Å². The van der Waals surface area contributed by atoms with E-state index >= 15 is 0 Å². The number of anilines is 1. The summed E-state index contributed by atoms with van der Waals surface area (Å²) in [5, 5.41) is 22.4. The van der Waals surface area contributed by atoms with Gasteiger partial charge in [0.25, 0.3) is 5.91 Å². The third kappa shape index (κ3) is 6.79. The van der Waals surface area contributed by atoms with Gasteiger partial charge >= 0.3 is 0 Å². The van der Waals surface area contributed by atoms with Crippen LogP contribution in [0.3, 0.4) is 0 Å². The van der Waals surface area contributed by atoms with Gasteiger partial charge in [0.15, 0.2) is 11.5 Å². The van der Waals surface area contributed by atoms with Crippen LogP contribution in [-0.4, -0.2) is 12.5 Å². The fourth-order valence-corrected chi connectivity index (χ4v) is 3.83. The third-order valence-electron chi connectivity index (χ3n) is 5.52. The van der Waals surface area contributed by atoms with Crippen molar-refractivity contribution in [1.29, 1.82) is 10.5 Å². The quantitative estimate of drug-likeness (QED) is 0.184. The first-order chi connectivity index (χ1) is 17.9. The lowest BCUT2D eigenvalue weighted by atomic mass is 10.0. The summed E-state index contributed by atoms with van der Waals surface area (Å²) in [6, 6.07) is 20.1. The van der Waals surface area contributed by atoms with Crippen LogP contribution in [0.4, 0.5) is 5.69 Å². The van der Waals surface area contributed by atoms with E-state index in [1.165, 1.54) is 6.08 Å². The highest BCUT2D eigenvalue weighted by atomic mass is 35.5. The zero-order valence-electron chi connectivity index (χ0n) is 20.7. The molecule has 186 valence electrons. The number of allylic oxidation sites excluding steroid dienone is 1. The first-order valence-corrected chi connectivity index (χ1v) is 12.0. The van der Waals surface area contributed by atoms with Crippen LogP contribution in [0.1, 0.15) is 34.7 Å². The van der Waals surface area contributed by atoms with Crippen LogP contribution in [-0.2, 0) is 17.8 Å². The Labute approximate surface area is 222 Å². The highest BCUT2D eigenvalue weighted by molar-refractivity contribution is 6.31. The molecule has 1 amide bonds. The first kappa shape index (κ1) is 27.1. The molecule has 7 heteroatoms. The van der Waals surface area contributed by atoms with Crippen LogP contribution >= 0.6 is 11.6 Å². The Morgan fingerprint density at radius 2 is 1.89 bits per heavy atom. The number of nitrogens with zero attached hydrogens (tertiary/aromatic N) is 2. The number of rotatable bonds is 10. The second-order valence-corrected chi connectivity index (χ2v) is 8.43. The molecule has 0 aromatic heterocycles. The molecular formula is C30H26ClN3O3. The number of hydrogen-bond donors (Lipinski definition) is 1. The molecule has 1 N–H and O–H groups in total. The van der Waals surface area contributed by atoms with Gasteiger partial charge in [0.1, 0.15) is 18.2 Å². The number of amides is 1. The maximum Gasteiger partial charge on any atom is 0.266 e. The van der Waals surface area contributed by atoms with Crippen LogP contribution < -0.4 is 14.8 Å². The molecule has 0 spiro atoms. The van der Waals surface area contributed by atoms with Gasteiger partial charge in [-0.3, -0.25) is 4.79 Å². The largest absolute Gasteiger partial charge is 0.490 e. The minimum Gasteiger partial charge on any atom is -0.490 e. The molecule has 0 aliphatic rings. The Kier molecular flexibility index (Phi) is 9.49. The highest BCUT2D eigenvalue weighted by Crippen LogP contribution is 2.35. The first-order valence-electron chi connectivity index (χ1n) is 11.6. The van der Waals surface area contributed by atoms with Crippen LogP contribution in [0, 0.1) is 29.6 Å². The van der Waals surface area contributed by atoms with E-state index in [4.69, 9.17) is 21.1 Å². The van der Waals surface area contributed by atoms with Gasteiger partial charge in [-0.2, -0.15) is 10.5 Å². The summed E-state index contributed by atoms with van der Waals surface area (Å²) in [6.45, 7) is 8.03. The molecule has 0 heterocycles. The van der Waals surface area contributed by atoms with E-state index < -0.39 is 5.91 Å². The van der Waals surface area contributed by atoms with E-state index in [0.29, 0.717) is 51.9 Å². The van der Waals surface area contributed by atoms with Crippen molar-refractivity contribution in [3.8, 4) is 23.6 Å². The highest BCUT2D eigenvalue weighted by Gasteiger charge is 2.16. The van der Waals surface area contributed by atoms with E-state index in [1.54, 1.807) is 49.4 Å². The van der Waals surface area contributed by atoms with E-state index in [-0.39, 0.29) is 12.2 Å². The second kappa shape index (κ2) is 13.0. The number of hydrogen-bond acceptors (Lipinski definition) is 5. The van der Waals surface area contributed by atoms with Crippen molar-refractivity contribution in [3.05, 3.63) is 106 Å². The summed E-state index contributed by atoms with van der Waals surface area (Å²) in [7, 11) is 0. The van der Waals surface area contributed by atoms with Crippen LogP contribution in [0.15, 0.2) is 72.8 Å². The number of halogens is 1. The Morgan fingerprint density at radius 3 is 2.59 bits per heavy atom. The van der Waals surface area contributed by atoms with Gasteiger partial charge in [0.05, 0.1) is 18.2 Å². The molecule has 37 heavy (non-hydrogen) atoms. The Bertz CT molecular complexity index is 1430. The number of nitriles is 2. The molecule has 0 bridgehead atoms. The molecule has 6 nitrogen and oxygen atoms in total. The number of carbonyl (C=O) groups is 1. The summed E-state index contributed by atoms with van der Waals surface area (Å²) in [5.74, 6) is 0.430. The molecule has 3 aromatic carbocycles. The molecular weight excluding hydrogens is 486 g/mol. The smallest absolute Gasteiger partial charge is 0.266 e. The molecule has 3 aromatic rings. The average molecular weight is 512 g/mol. The van der Waals surface area contributed by atoms with Crippen LogP contribution in [0.2, 0.25) is 5.02 Å². The summed E-state index contributed by atoms with van der Waals surface area (Å²) in [5.41, 5.74) is 3.81. The molecule has 0 radical (unpaired) electrons. The third-order valence-corrected chi connectivity index (χ3v) is 5.93. The lowest BCUT2D eigenvalue weighted by molar-refractivity contribution is -0.112. The Hall–Kier alpha value is -4.52. The summed E-state index contributed by atoms with van der Waals surface area (Å²) in [4.78, 5) is 12.9. The number of carbonyl (C=O) groups excluding carboxylic acids is 1. The normalized spacial score (nSPS) is 10.7. The van der Waals surface area contributed by atoms with Crippen LogP contribution in [0.25, 0.3) is 6.08 Å². The Morgan fingerprint density at radius 1 is 1.11 bits per heavy atom. The zero-order valence-corrected chi connectivity index (χ0v) is 21.4. The molecule has 0 aliphatic heterocycles. The van der Waals surface area contributed by atoms with Gasteiger partial charge in [-0.05, 0) is 67.8 Å². The molecule has 3 rings (SSSR count). The molecule has 0 atom stereocenters. The fraction of sp³-hybridized carbons (Fsp3) is 0.167. The zero-order chi connectivity index (χ0) is 26.8. The summed E-state index contributed by atoms with van der Waals surface area (Å²) in [6.07, 6.45) is 3.69. The fourth-order valence-electron chi connectivity index (χ4n) is 3.65. The van der Waals surface area contributed by atoms with Gasteiger partial charge in [-0.25, -0.2) is 0 Å². The standard InChI is InChI=1S/C30H26ClN3O3/c1-4-9-22-14-21(15-25(18-33)30(35)34-27-13-8-12-26(31)20(27)3)16-28(36-5-2)29(22)37-19-24-11-7-6-10-23(24)17-32/h4,6-8,10-16H,1,5,9,19H2,2-3H3,(H,34,35)/b25-15+. The number of benzene rings is 3. The Balaban J connectivity index is 1.97. The second-order valence-electron chi connectivity index (χ2n) is 8.03. The van der Waals surface area contributed by atoms with E-state index in [2.05, 4.69) is 18.0 Å². The predicted octanol–water partition coefficient (Wildman–Crippen LogP) is 6.77. The summed E-state index contributed by atoms with van der Waals surface area (Å²) < 4.78 is 12.0. The predicted molar refractivity (Wildman–Crippen MR) is 145 cm³/mol. The van der Waals surface area contributed by atoms with Crippen molar-refractivity contribution >= 4 is 29.3 Å². The van der Waals surface area contributed by atoms with Crippen molar-refractivity contribution in [2.75, 3.05) is 11.9 Å². The molecule has 0 saturated heterocycles. The molecule has 0 aliphatic carbocycles. The molecule has 0 saturated carbocycles. The van der Waals surface area contributed by atoms with Crippen molar-refractivity contribution in [1.82, 2.24) is 0 Å². The maximum absolute atomic E-state index is 12.9. The summed E-state index contributed by atoms with van der Waals surface area (Å²) >= 11 is 6.15. The van der Waals surface area contributed by atoms with Crippen molar-refractivity contribution in [2.24, 2.45) is 0 Å². The van der Waals surface area contributed by atoms with E-state index in [0.717, 1.165) is 11.1 Å². The maximum atomic E-state index is 12.9.